The molecule has 10 heteroatoms. The Morgan fingerprint density at radius 3 is 2.38 bits per heavy atom. The van der Waals surface area contributed by atoms with Crippen LogP contribution in [-0.4, -0.2) is 39.6 Å². The van der Waals surface area contributed by atoms with E-state index in [4.69, 9.17) is 0 Å². The van der Waals surface area contributed by atoms with Gasteiger partial charge in [0.05, 0.1) is 23.2 Å². The molecule has 0 spiro atoms. The maximum absolute atomic E-state index is 13.5. The number of carbonyl (C=O) groups excluding carboxylic acids is 2. The second-order valence-corrected chi connectivity index (χ2v) is 8.12. The third-order valence-electron chi connectivity index (χ3n) is 3.86. The molecule has 2 amide bonds. The van der Waals surface area contributed by atoms with E-state index >= 15 is 0 Å². The van der Waals surface area contributed by atoms with E-state index in [2.05, 4.69) is 10.6 Å². The lowest BCUT2D eigenvalue weighted by atomic mass is 10.1. The van der Waals surface area contributed by atoms with Gasteiger partial charge in [0.25, 0.3) is 5.91 Å². The van der Waals surface area contributed by atoms with Gasteiger partial charge in [0.1, 0.15) is 6.54 Å². The summed E-state index contributed by atoms with van der Waals surface area (Å²) >= 11 is 0. The maximum Gasteiger partial charge on any atom is 0.253 e. The van der Waals surface area contributed by atoms with E-state index in [1.165, 1.54) is 12.1 Å². The van der Waals surface area contributed by atoms with E-state index in [-0.39, 0.29) is 22.8 Å². The molecule has 0 aromatic heterocycles. The van der Waals surface area contributed by atoms with Crippen molar-refractivity contribution < 1.29 is 26.8 Å². The summed E-state index contributed by atoms with van der Waals surface area (Å²) in [5.74, 6) is -3.52. The highest BCUT2D eigenvalue weighted by molar-refractivity contribution is 7.92. The number of anilines is 2. The summed E-state index contributed by atoms with van der Waals surface area (Å²) in [6, 6.07) is 8.77. The molecule has 0 heterocycles. The molecule has 2 aromatic rings. The molecule has 2 N–H and O–H groups in total. The van der Waals surface area contributed by atoms with Crippen LogP contribution in [0.3, 0.4) is 0 Å². The predicted octanol–water partition coefficient (Wildman–Crippen LogP) is 2.51. The van der Waals surface area contributed by atoms with Crippen LogP contribution in [0, 0.1) is 11.6 Å². The molecule has 0 atom stereocenters. The average Bonchev–Trinajstić information content (AvgIpc) is 2.66. The molecule has 0 radical (unpaired) electrons. The number of para-hydroxylation sites is 1. The van der Waals surface area contributed by atoms with Crippen molar-refractivity contribution in [2.45, 2.75) is 13.3 Å². The van der Waals surface area contributed by atoms with Crippen molar-refractivity contribution >= 4 is 33.2 Å². The highest BCUT2D eigenvalue weighted by Gasteiger charge is 2.23. The molecule has 2 rings (SSSR count). The highest BCUT2D eigenvalue weighted by atomic mass is 32.2. The van der Waals surface area contributed by atoms with Gasteiger partial charge in [0.15, 0.2) is 11.6 Å². The number of sulfonamides is 1. The van der Waals surface area contributed by atoms with E-state index in [0.717, 1.165) is 24.8 Å². The number of rotatable bonds is 8. The Balaban J connectivity index is 2.24. The fourth-order valence-corrected chi connectivity index (χ4v) is 3.33. The molecule has 0 saturated carbocycles. The molecule has 0 bridgehead atoms. The Bertz CT molecular complexity index is 1010. The fraction of sp³-hybridized carbons (Fsp3) is 0.263. The minimum atomic E-state index is -3.97. The smallest absolute Gasteiger partial charge is 0.253 e. The minimum Gasteiger partial charge on any atom is -0.352 e. The molecule has 0 aliphatic heterocycles. The number of amides is 2. The van der Waals surface area contributed by atoms with Gasteiger partial charge in [-0.25, -0.2) is 17.2 Å². The summed E-state index contributed by atoms with van der Waals surface area (Å²) in [4.78, 5) is 24.7. The van der Waals surface area contributed by atoms with Crippen molar-refractivity contribution in [1.82, 2.24) is 5.32 Å². The Hall–Kier alpha value is -3.01. The van der Waals surface area contributed by atoms with Crippen LogP contribution in [0.5, 0.6) is 0 Å². The number of carbonyl (C=O) groups is 2. The van der Waals surface area contributed by atoms with Gasteiger partial charge in [-0.1, -0.05) is 19.1 Å². The van der Waals surface area contributed by atoms with Crippen molar-refractivity contribution in [1.29, 1.82) is 0 Å². The van der Waals surface area contributed by atoms with Gasteiger partial charge in [-0.15, -0.1) is 0 Å². The standard InChI is InChI=1S/C19H21F2N3O4S/c1-3-10-22-19(26)14-6-4-5-7-17(14)23-18(25)12-24(29(2,27)28)13-8-9-15(20)16(21)11-13/h4-9,11H,3,10,12H2,1-2H3,(H,22,26)(H,23,25). The lowest BCUT2D eigenvalue weighted by molar-refractivity contribution is -0.114. The number of benzene rings is 2. The van der Waals surface area contributed by atoms with Crippen LogP contribution in [-0.2, 0) is 14.8 Å². The van der Waals surface area contributed by atoms with Crippen LogP contribution in [0.15, 0.2) is 42.5 Å². The van der Waals surface area contributed by atoms with Gasteiger partial charge in [0, 0.05) is 12.6 Å². The molecule has 2 aromatic carbocycles. The summed E-state index contributed by atoms with van der Waals surface area (Å²) in [6.07, 6.45) is 1.57. The van der Waals surface area contributed by atoms with Crippen LogP contribution in [0.2, 0.25) is 0 Å². The monoisotopic (exact) mass is 425 g/mol. The van der Waals surface area contributed by atoms with Gasteiger partial charge in [-0.2, -0.15) is 0 Å². The molecule has 0 saturated heterocycles. The van der Waals surface area contributed by atoms with Gasteiger partial charge < -0.3 is 10.6 Å². The van der Waals surface area contributed by atoms with Crippen LogP contribution < -0.4 is 14.9 Å². The molecular weight excluding hydrogens is 404 g/mol. The quantitative estimate of drug-likeness (QED) is 0.679. The molecule has 156 valence electrons. The lowest BCUT2D eigenvalue weighted by Crippen LogP contribution is -2.38. The largest absolute Gasteiger partial charge is 0.352 e. The number of hydrogen-bond acceptors (Lipinski definition) is 4. The van der Waals surface area contributed by atoms with Crippen molar-refractivity contribution in [3.63, 3.8) is 0 Å². The first kappa shape index (κ1) is 22.3. The van der Waals surface area contributed by atoms with Gasteiger partial charge >= 0.3 is 0 Å². The zero-order valence-electron chi connectivity index (χ0n) is 15.9. The van der Waals surface area contributed by atoms with E-state index in [1.807, 2.05) is 6.92 Å². The van der Waals surface area contributed by atoms with Crippen LogP contribution >= 0.6 is 0 Å². The Morgan fingerprint density at radius 1 is 1.07 bits per heavy atom. The zero-order valence-corrected chi connectivity index (χ0v) is 16.7. The maximum atomic E-state index is 13.5. The van der Waals surface area contributed by atoms with Crippen LogP contribution in [0.25, 0.3) is 0 Å². The minimum absolute atomic E-state index is 0.199. The van der Waals surface area contributed by atoms with Crippen LogP contribution in [0.4, 0.5) is 20.2 Å². The van der Waals surface area contributed by atoms with Gasteiger partial charge in [-0.3, -0.25) is 13.9 Å². The normalized spacial score (nSPS) is 11.0. The van der Waals surface area contributed by atoms with E-state index in [9.17, 15) is 26.8 Å². The Morgan fingerprint density at radius 2 is 1.76 bits per heavy atom. The Labute approximate surface area is 167 Å². The van der Waals surface area contributed by atoms with E-state index < -0.39 is 34.1 Å². The third kappa shape index (κ3) is 5.98. The molecule has 0 fully saturated rings. The topological polar surface area (TPSA) is 95.6 Å². The fourth-order valence-electron chi connectivity index (χ4n) is 2.48. The molecule has 0 aliphatic rings. The Kier molecular flexibility index (Phi) is 7.27. The number of nitrogens with zero attached hydrogens (tertiary/aromatic N) is 1. The summed E-state index contributed by atoms with van der Waals surface area (Å²) in [7, 11) is -3.97. The number of halogens is 2. The highest BCUT2D eigenvalue weighted by Crippen LogP contribution is 2.21. The predicted molar refractivity (Wildman–Crippen MR) is 106 cm³/mol. The van der Waals surface area contributed by atoms with E-state index in [1.54, 1.807) is 12.1 Å². The molecule has 29 heavy (non-hydrogen) atoms. The second kappa shape index (κ2) is 9.46. The van der Waals surface area contributed by atoms with Gasteiger partial charge in [0.2, 0.25) is 15.9 Å². The number of nitrogens with one attached hydrogen (secondary N) is 2. The summed E-state index contributed by atoms with van der Waals surface area (Å²) in [5, 5.41) is 5.18. The van der Waals surface area contributed by atoms with Crippen molar-refractivity contribution in [2.24, 2.45) is 0 Å². The summed E-state index contributed by atoms with van der Waals surface area (Å²) < 4.78 is 51.5. The summed E-state index contributed by atoms with van der Waals surface area (Å²) in [6.45, 7) is 1.67. The molecule has 7 nitrogen and oxygen atoms in total. The van der Waals surface area contributed by atoms with Gasteiger partial charge in [-0.05, 0) is 30.7 Å². The zero-order chi connectivity index (χ0) is 21.6. The number of hydrogen-bond donors (Lipinski definition) is 2. The van der Waals surface area contributed by atoms with Crippen molar-refractivity contribution in [3.8, 4) is 0 Å². The first-order valence-electron chi connectivity index (χ1n) is 8.73. The molecule has 0 aliphatic carbocycles. The van der Waals surface area contributed by atoms with Crippen molar-refractivity contribution in [3.05, 3.63) is 59.7 Å². The average molecular weight is 425 g/mol. The van der Waals surface area contributed by atoms with Crippen LogP contribution in [0.1, 0.15) is 23.7 Å². The summed E-state index contributed by atoms with van der Waals surface area (Å²) in [5.41, 5.74) is 0.216. The van der Waals surface area contributed by atoms with E-state index in [0.29, 0.717) is 16.9 Å². The SMILES string of the molecule is CCCNC(=O)c1ccccc1NC(=O)CN(c1ccc(F)c(F)c1)S(C)(=O)=O. The third-order valence-corrected chi connectivity index (χ3v) is 5.00. The van der Waals surface area contributed by atoms with Crippen molar-refractivity contribution in [2.75, 3.05) is 29.0 Å². The second-order valence-electron chi connectivity index (χ2n) is 6.22. The molecule has 0 unspecified atom stereocenters. The first-order chi connectivity index (χ1) is 13.6. The molecular formula is C19H21F2N3O4S. The lowest BCUT2D eigenvalue weighted by Gasteiger charge is -2.22. The first-order valence-corrected chi connectivity index (χ1v) is 10.6.